The van der Waals surface area contributed by atoms with Crippen molar-refractivity contribution in [2.75, 3.05) is 18.4 Å². The second-order valence-electron chi connectivity index (χ2n) is 11.2. The van der Waals surface area contributed by atoms with Gasteiger partial charge in [0.25, 0.3) is 15.9 Å². The number of methoxy groups -OCH3 is 1. The van der Waals surface area contributed by atoms with Crippen LogP contribution in [0.15, 0.2) is 77.7 Å². The summed E-state index contributed by atoms with van der Waals surface area (Å²) in [5, 5.41) is 0. The van der Waals surface area contributed by atoms with Crippen LogP contribution in [0.4, 0.5) is 5.95 Å². The van der Waals surface area contributed by atoms with E-state index in [4.69, 9.17) is 9.47 Å². The molecule has 5 rings (SSSR count). The molecule has 0 spiro atoms. The predicted molar refractivity (Wildman–Crippen MR) is 166 cm³/mol. The van der Waals surface area contributed by atoms with Crippen molar-refractivity contribution >= 4 is 21.9 Å². The van der Waals surface area contributed by atoms with E-state index >= 15 is 0 Å². The summed E-state index contributed by atoms with van der Waals surface area (Å²) in [6.07, 6.45) is 0.646. The maximum Gasteiger partial charge on any atom is 0.264 e. The molecule has 0 saturated heterocycles. The van der Waals surface area contributed by atoms with Crippen LogP contribution in [-0.4, -0.2) is 49.0 Å². The van der Waals surface area contributed by atoms with Crippen LogP contribution < -0.4 is 14.2 Å². The van der Waals surface area contributed by atoms with Crippen molar-refractivity contribution in [3.05, 3.63) is 95.1 Å². The van der Waals surface area contributed by atoms with Gasteiger partial charge in [-0.3, -0.25) is 4.79 Å². The van der Waals surface area contributed by atoms with Gasteiger partial charge in [-0.15, -0.1) is 0 Å². The number of anilines is 1. The van der Waals surface area contributed by atoms with Crippen LogP contribution >= 0.6 is 0 Å². The molecule has 2 heterocycles. The number of amides is 1. The molecule has 4 bridgehead atoms. The monoisotopic (exact) mass is 600 g/mol. The third kappa shape index (κ3) is 6.80. The standard InChI is InChI=1S/C33H36N4O5S/c1-21(2)15-26-20-42-30-18-29(31-22(3)9-6-10-23(31)4)34-33(35-30)36-43(39,40)28-14-8-12-25(17-28)32(38)37(26)19-24-11-7-13-27(16-24)41-5/h6-14,16-18,21,26H,15,19-20H2,1-5H3,(H,34,35,36)/t26-/m1/s1. The maximum atomic E-state index is 14.2. The number of nitrogens with zero attached hydrogens (tertiary/aromatic N) is 3. The van der Waals surface area contributed by atoms with E-state index in [1.165, 1.54) is 12.1 Å². The molecule has 10 heteroatoms. The number of carbonyl (C=O) groups is 1. The van der Waals surface area contributed by atoms with Gasteiger partial charge in [0.2, 0.25) is 11.8 Å². The zero-order valence-corrected chi connectivity index (χ0v) is 25.8. The van der Waals surface area contributed by atoms with Gasteiger partial charge in [0.15, 0.2) is 0 Å². The molecular formula is C33H36N4O5S. The van der Waals surface area contributed by atoms with Crippen LogP contribution in [0.2, 0.25) is 0 Å². The molecule has 0 saturated carbocycles. The lowest BCUT2D eigenvalue weighted by Gasteiger charge is -2.33. The van der Waals surface area contributed by atoms with Gasteiger partial charge in [-0.1, -0.05) is 50.2 Å². The first-order chi connectivity index (χ1) is 20.5. The number of nitrogens with one attached hydrogen (secondary N) is 1. The number of aromatic nitrogens is 2. The Labute approximate surface area is 253 Å². The van der Waals surface area contributed by atoms with Gasteiger partial charge in [0, 0.05) is 23.7 Å². The van der Waals surface area contributed by atoms with Crippen LogP contribution in [-0.2, 0) is 16.6 Å². The number of ether oxygens (including phenoxy) is 2. The van der Waals surface area contributed by atoms with Gasteiger partial charge in [-0.25, -0.2) is 18.1 Å². The number of fused-ring (bicyclic) bond motifs is 4. The molecule has 0 aliphatic carbocycles. The first-order valence-corrected chi connectivity index (χ1v) is 15.7. The average Bonchev–Trinajstić information content (AvgIpc) is 2.97. The van der Waals surface area contributed by atoms with Gasteiger partial charge < -0.3 is 14.4 Å². The first kappa shape index (κ1) is 30.0. The molecule has 1 amide bonds. The molecule has 0 unspecified atom stereocenters. The lowest BCUT2D eigenvalue weighted by molar-refractivity contribution is 0.0553. The van der Waals surface area contributed by atoms with E-state index in [1.807, 2.05) is 56.3 Å². The molecule has 224 valence electrons. The normalized spacial score (nSPS) is 16.4. The lowest BCUT2D eigenvalue weighted by Crippen LogP contribution is -2.44. The van der Waals surface area contributed by atoms with Crippen LogP contribution in [0.25, 0.3) is 11.3 Å². The van der Waals surface area contributed by atoms with Crippen molar-refractivity contribution in [2.45, 2.75) is 51.6 Å². The summed E-state index contributed by atoms with van der Waals surface area (Å²) >= 11 is 0. The zero-order chi connectivity index (χ0) is 30.7. The fourth-order valence-electron chi connectivity index (χ4n) is 5.38. The third-order valence-corrected chi connectivity index (χ3v) is 8.74. The molecule has 1 aliphatic rings. The summed E-state index contributed by atoms with van der Waals surface area (Å²) < 4.78 is 41.3. The van der Waals surface area contributed by atoms with Crippen LogP contribution in [0.3, 0.4) is 0 Å². The Bertz CT molecular complexity index is 1740. The topological polar surface area (TPSA) is 111 Å². The Morgan fingerprint density at radius 2 is 1.72 bits per heavy atom. The fourth-order valence-corrected chi connectivity index (χ4v) is 6.37. The highest BCUT2D eigenvalue weighted by Gasteiger charge is 2.29. The third-order valence-electron chi connectivity index (χ3n) is 7.41. The Kier molecular flexibility index (Phi) is 8.68. The molecule has 9 nitrogen and oxygen atoms in total. The number of hydrogen-bond donors (Lipinski definition) is 1. The Balaban J connectivity index is 1.66. The van der Waals surface area contributed by atoms with Crippen molar-refractivity contribution in [3.63, 3.8) is 0 Å². The van der Waals surface area contributed by atoms with Crippen molar-refractivity contribution in [1.82, 2.24) is 14.9 Å². The number of sulfonamides is 1. The minimum absolute atomic E-state index is 0.0668. The molecule has 1 atom stereocenters. The summed E-state index contributed by atoms with van der Waals surface area (Å²) in [5.41, 5.74) is 4.50. The fraction of sp³-hybridized carbons (Fsp3) is 0.303. The SMILES string of the molecule is COc1cccc(CN2C(=O)c3cccc(c3)S(=O)(=O)Nc3nc(cc(-c4c(C)cccc4C)n3)OC[C@H]2CC(C)C)c1. The van der Waals surface area contributed by atoms with Gasteiger partial charge >= 0.3 is 0 Å². The first-order valence-electron chi connectivity index (χ1n) is 14.2. The van der Waals surface area contributed by atoms with Gasteiger partial charge in [-0.2, -0.15) is 4.98 Å². The maximum absolute atomic E-state index is 14.2. The summed E-state index contributed by atoms with van der Waals surface area (Å²) in [4.78, 5) is 24.9. The van der Waals surface area contributed by atoms with Crippen molar-refractivity contribution < 1.29 is 22.7 Å². The Morgan fingerprint density at radius 3 is 2.44 bits per heavy atom. The van der Waals surface area contributed by atoms with Crippen molar-refractivity contribution in [1.29, 1.82) is 0 Å². The van der Waals surface area contributed by atoms with E-state index in [0.29, 0.717) is 17.9 Å². The quantitative estimate of drug-likeness (QED) is 0.288. The van der Waals surface area contributed by atoms with Crippen LogP contribution in [0.1, 0.15) is 47.3 Å². The van der Waals surface area contributed by atoms with E-state index in [1.54, 1.807) is 30.2 Å². The van der Waals surface area contributed by atoms with E-state index < -0.39 is 10.0 Å². The molecular weight excluding hydrogens is 564 g/mol. The van der Waals surface area contributed by atoms with Gasteiger partial charge in [-0.05, 0) is 73.2 Å². The van der Waals surface area contributed by atoms with Crippen molar-refractivity contribution in [2.24, 2.45) is 5.92 Å². The highest BCUT2D eigenvalue weighted by atomic mass is 32.2. The second kappa shape index (κ2) is 12.4. The summed E-state index contributed by atoms with van der Waals surface area (Å²) in [6.45, 7) is 8.55. The molecule has 3 aromatic carbocycles. The van der Waals surface area contributed by atoms with E-state index in [-0.39, 0.29) is 53.3 Å². The molecule has 1 aromatic heterocycles. The smallest absolute Gasteiger partial charge is 0.264 e. The number of aryl methyl sites for hydroxylation is 2. The number of carbonyl (C=O) groups excluding carboxylic acids is 1. The number of rotatable bonds is 6. The average molecular weight is 601 g/mol. The van der Waals surface area contributed by atoms with Crippen LogP contribution in [0, 0.1) is 19.8 Å². The molecule has 4 aromatic rings. The molecule has 43 heavy (non-hydrogen) atoms. The summed E-state index contributed by atoms with van der Waals surface area (Å²) in [5.74, 6) is 0.713. The van der Waals surface area contributed by atoms with E-state index in [0.717, 1.165) is 22.3 Å². The van der Waals surface area contributed by atoms with Crippen molar-refractivity contribution in [3.8, 4) is 22.9 Å². The Hall–Kier alpha value is -4.44. The molecule has 0 fully saturated rings. The van der Waals surface area contributed by atoms with Gasteiger partial charge in [0.05, 0.1) is 23.7 Å². The Morgan fingerprint density at radius 1 is 1.00 bits per heavy atom. The minimum Gasteiger partial charge on any atom is -0.497 e. The second-order valence-corrected chi connectivity index (χ2v) is 12.9. The van der Waals surface area contributed by atoms with Gasteiger partial charge in [0.1, 0.15) is 12.4 Å². The highest BCUT2D eigenvalue weighted by Crippen LogP contribution is 2.30. The summed E-state index contributed by atoms with van der Waals surface area (Å²) in [7, 11) is -2.54. The number of hydrogen-bond acceptors (Lipinski definition) is 7. The van der Waals surface area contributed by atoms with E-state index in [9.17, 15) is 13.2 Å². The summed E-state index contributed by atoms with van der Waals surface area (Å²) in [6, 6.07) is 20.9. The molecule has 0 radical (unpaired) electrons. The lowest BCUT2D eigenvalue weighted by atomic mass is 10.00. The largest absolute Gasteiger partial charge is 0.497 e. The highest BCUT2D eigenvalue weighted by molar-refractivity contribution is 7.92. The predicted octanol–water partition coefficient (Wildman–Crippen LogP) is 6.02. The molecule has 1 aliphatic heterocycles. The van der Waals surface area contributed by atoms with Crippen LogP contribution in [0.5, 0.6) is 11.6 Å². The zero-order valence-electron chi connectivity index (χ0n) is 25.0. The molecule has 1 N–H and O–H groups in total. The minimum atomic E-state index is -4.14. The van der Waals surface area contributed by atoms with E-state index in [2.05, 4.69) is 28.5 Å². The number of benzene rings is 3.